The molecule has 2 aliphatic rings. The monoisotopic (exact) mass is 660 g/mol. The number of nitrogens with zero attached hydrogens (tertiary/aromatic N) is 5. The van der Waals surface area contributed by atoms with Crippen LogP contribution in [0, 0.1) is 0 Å². The number of aliphatic hydroxyl groups excluding tert-OH is 1. The molecule has 1 unspecified atom stereocenters. The molecule has 0 radical (unpaired) electrons. The van der Waals surface area contributed by atoms with E-state index < -0.39 is 37.6 Å². The van der Waals surface area contributed by atoms with Crippen LogP contribution in [-0.2, 0) is 23.1 Å². The van der Waals surface area contributed by atoms with E-state index in [9.17, 15) is 24.1 Å². The first-order valence-electron chi connectivity index (χ1n) is 15.9. The third-order valence-electron chi connectivity index (χ3n) is 7.70. The van der Waals surface area contributed by atoms with Gasteiger partial charge in [-0.1, -0.05) is 43.7 Å². The average Bonchev–Trinajstić information content (AvgIpc) is 3.50. The number of piperazine rings is 1. The van der Waals surface area contributed by atoms with E-state index in [1.165, 1.54) is 11.0 Å². The van der Waals surface area contributed by atoms with Gasteiger partial charge in [0, 0.05) is 50.9 Å². The molecule has 0 bridgehead atoms. The Labute approximate surface area is 269 Å². The van der Waals surface area contributed by atoms with Crippen molar-refractivity contribution in [3.8, 4) is 11.4 Å². The summed E-state index contributed by atoms with van der Waals surface area (Å²) in [5.41, 5.74) is 0.694. The van der Waals surface area contributed by atoms with Crippen LogP contribution in [0.25, 0.3) is 11.4 Å². The van der Waals surface area contributed by atoms with Gasteiger partial charge in [-0.15, -0.1) is 0 Å². The lowest BCUT2D eigenvalue weighted by atomic mass is 10.2. The number of benzene rings is 1. The summed E-state index contributed by atoms with van der Waals surface area (Å²) in [5.74, 6) is -0.373. The molecular weight excluding hydrogens is 615 g/mol. The van der Waals surface area contributed by atoms with Crippen LogP contribution in [0.3, 0.4) is 0 Å². The number of aliphatic hydroxyl groups is 1. The lowest BCUT2D eigenvalue weighted by Gasteiger charge is -2.36. The van der Waals surface area contributed by atoms with Gasteiger partial charge in [-0.3, -0.25) is 14.2 Å². The molecule has 1 aromatic carbocycles. The molecule has 2 aliphatic heterocycles. The van der Waals surface area contributed by atoms with E-state index in [1.54, 1.807) is 18.7 Å². The predicted molar refractivity (Wildman–Crippen MR) is 172 cm³/mol. The average molecular weight is 661 g/mol. The lowest BCUT2D eigenvalue weighted by molar-refractivity contribution is -0.134. The van der Waals surface area contributed by atoms with Crippen LogP contribution in [0.2, 0.25) is 0 Å². The van der Waals surface area contributed by atoms with Crippen molar-refractivity contribution < 1.29 is 37.8 Å². The van der Waals surface area contributed by atoms with Crippen LogP contribution in [-0.4, -0.2) is 120 Å². The lowest BCUT2D eigenvalue weighted by Crippen LogP contribution is -2.57. The second-order valence-electron chi connectivity index (χ2n) is 11.1. The van der Waals surface area contributed by atoms with Crippen molar-refractivity contribution in [1.82, 2.24) is 25.1 Å². The van der Waals surface area contributed by atoms with Crippen molar-refractivity contribution in [2.45, 2.75) is 52.2 Å². The fraction of sp³-hybridized carbons (Fsp3) is 0.581. The first kappa shape index (κ1) is 35.3. The number of anilines is 1. The zero-order valence-electron chi connectivity index (χ0n) is 26.8. The highest BCUT2D eigenvalue weighted by Gasteiger charge is 2.38. The first-order chi connectivity index (χ1) is 22.2. The molecule has 14 nitrogen and oxygen atoms in total. The molecular formula is C31H45N6O8P. The molecule has 46 heavy (non-hydrogen) atoms. The van der Waals surface area contributed by atoms with Crippen LogP contribution in [0.15, 0.2) is 36.4 Å². The largest absolute Gasteiger partial charge is 0.449 e. The zero-order valence-corrected chi connectivity index (χ0v) is 27.7. The molecule has 0 aliphatic carbocycles. The van der Waals surface area contributed by atoms with Crippen molar-refractivity contribution >= 4 is 31.3 Å². The van der Waals surface area contributed by atoms with Gasteiger partial charge in [-0.05, 0) is 26.7 Å². The normalized spacial score (nSPS) is 17.6. The number of amides is 3. The molecule has 252 valence electrons. The van der Waals surface area contributed by atoms with Crippen LogP contribution in [0.1, 0.15) is 50.5 Å². The number of β-amino-alcohol motifs (C(OH)–C–C–N with tert-alkyl or cyclic N) is 1. The zero-order chi connectivity index (χ0) is 33.1. The van der Waals surface area contributed by atoms with Crippen molar-refractivity contribution in [2.75, 3.05) is 70.2 Å². The summed E-state index contributed by atoms with van der Waals surface area (Å²) in [6.45, 7) is 7.68. The molecule has 4 rings (SSSR count). The van der Waals surface area contributed by atoms with Gasteiger partial charge in [0.1, 0.15) is 17.6 Å². The van der Waals surface area contributed by atoms with E-state index in [0.29, 0.717) is 43.3 Å². The smallest absolute Gasteiger partial charge is 0.409 e. The molecule has 2 aromatic rings. The van der Waals surface area contributed by atoms with Gasteiger partial charge in [-0.2, -0.15) is 0 Å². The number of nitrogens with one attached hydrogen (secondary N) is 1. The standard InChI is InChI=1S/C31H45N6O8P/c1-4-7-19-43-31(41)36-17-15-35(16-18-36)30(40)26(22-46(42,44-5-2)45-6-3)33-29(39)25-20-27(37-14-13-24(38)21-37)34-28(32-25)23-11-9-8-10-12-23/h8-12,20,24,26,38H,4-7,13-19,21-22H2,1-3H3,(H,33,39)/t24?,26-/m0/s1. The maximum Gasteiger partial charge on any atom is 0.409 e. The highest BCUT2D eigenvalue weighted by Crippen LogP contribution is 2.48. The molecule has 2 saturated heterocycles. The Kier molecular flexibility index (Phi) is 12.9. The first-order valence-corrected chi connectivity index (χ1v) is 17.7. The molecule has 2 N–H and O–H groups in total. The maximum atomic E-state index is 13.9. The molecule has 0 saturated carbocycles. The summed E-state index contributed by atoms with van der Waals surface area (Å²) >= 11 is 0. The third-order valence-corrected chi connectivity index (χ3v) is 9.81. The van der Waals surface area contributed by atoms with Gasteiger partial charge in [0.2, 0.25) is 5.91 Å². The van der Waals surface area contributed by atoms with Crippen molar-refractivity contribution in [2.24, 2.45) is 0 Å². The number of hydrogen-bond donors (Lipinski definition) is 2. The summed E-state index contributed by atoms with van der Waals surface area (Å²) < 4.78 is 29.9. The Morgan fingerprint density at radius 2 is 1.67 bits per heavy atom. The number of ether oxygens (including phenoxy) is 1. The Morgan fingerprint density at radius 3 is 2.28 bits per heavy atom. The van der Waals surface area contributed by atoms with E-state index in [1.807, 2.05) is 42.2 Å². The Hall–Kier alpha value is -3.58. The number of carbonyl (C=O) groups is 3. The summed E-state index contributed by atoms with van der Waals surface area (Å²) in [5, 5.41) is 12.9. The topological polar surface area (TPSA) is 164 Å². The van der Waals surface area contributed by atoms with Crippen molar-refractivity contribution in [3.05, 3.63) is 42.1 Å². The minimum absolute atomic E-state index is 0.00494. The number of carbonyl (C=O) groups excluding carboxylic acids is 3. The maximum absolute atomic E-state index is 13.9. The molecule has 1 aromatic heterocycles. The van der Waals surface area contributed by atoms with Gasteiger partial charge in [0.05, 0.1) is 32.1 Å². The number of unbranched alkanes of at least 4 members (excludes halogenated alkanes) is 1. The van der Waals surface area contributed by atoms with E-state index in [2.05, 4.69) is 15.3 Å². The van der Waals surface area contributed by atoms with Crippen molar-refractivity contribution in [3.63, 3.8) is 0 Å². The van der Waals surface area contributed by atoms with E-state index in [-0.39, 0.29) is 51.2 Å². The van der Waals surface area contributed by atoms with Gasteiger partial charge in [0.25, 0.3) is 5.91 Å². The van der Waals surface area contributed by atoms with Gasteiger partial charge in [-0.25, -0.2) is 14.8 Å². The van der Waals surface area contributed by atoms with Crippen LogP contribution in [0.4, 0.5) is 10.6 Å². The molecule has 15 heteroatoms. The van der Waals surface area contributed by atoms with Gasteiger partial charge >= 0.3 is 13.7 Å². The van der Waals surface area contributed by atoms with Crippen LogP contribution < -0.4 is 10.2 Å². The molecule has 3 amide bonds. The van der Waals surface area contributed by atoms with E-state index in [4.69, 9.17) is 13.8 Å². The highest BCUT2D eigenvalue weighted by molar-refractivity contribution is 7.54. The fourth-order valence-corrected chi connectivity index (χ4v) is 7.05. The summed E-state index contributed by atoms with van der Waals surface area (Å²) in [7, 11) is -3.78. The second kappa shape index (κ2) is 16.8. The molecule has 3 heterocycles. The van der Waals surface area contributed by atoms with Gasteiger partial charge < -0.3 is 38.9 Å². The molecule has 2 atom stereocenters. The van der Waals surface area contributed by atoms with Crippen LogP contribution >= 0.6 is 7.60 Å². The summed E-state index contributed by atoms with van der Waals surface area (Å²) in [6, 6.07) is 9.43. The van der Waals surface area contributed by atoms with E-state index in [0.717, 1.165) is 12.8 Å². The molecule has 0 spiro atoms. The Bertz CT molecular complexity index is 1360. The summed E-state index contributed by atoms with van der Waals surface area (Å²) in [6.07, 6.45) is 0.908. The fourth-order valence-electron chi connectivity index (χ4n) is 5.28. The second-order valence-corrected chi connectivity index (χ2v) is 13.2. The van der Waals surface area contributed by atoms with Crippen molar-refractivity contribution in [1.29, 1.82) is 0 Å². The highest BCUT2D eigenvalue weighted by atomic mass is 31.2. The number of rotatable bonds is 14. The van der Waals surface area contributed by atoms with Crippen LogP contribution in [0.5, 0.6) is 0 Å². The SMILES string of the molecule is CCCCOC(=O)N1CCN(C(=O)[C@H](CP(=O)(OCC)OCC)NC(=O)c2cc(N3CCC(O)C3)nc(-c3ccccc3)n2)CC1. The summed E-state index contributed by atoms with van der Waals surface area (Å²) in [4.78, 5) is 54.3. The van der Waals surface area contributed by atoms with E-state index >= 15 is 0 Å². The minimum Gasteiger partial charge on any atom is -0.449 e. The Balaban J connectivity index is 1.58. The number of aromatic nitrogens is 2. The molecule has 2 fully saturated rings. The quantitative estimate of drug-likeness (QED) is 0.226. The minimum atomic E-state index is -3.78. The number of hydrogen-bond acceptors (Lipinski definition) is 11. The third kappa shape index (κ3) is 9.47. The predicted octanol–water partition coefficient (Wildman–Crippen LogP) is 3.16. The van der Waals surface area contributed by atoms with Gasteiger partial charge in [0.15, 0.2) is 5.82 Å². The Morgan fingerprint density at radius 1 is 1.00 bits per heavy atom.